The fourth-order valence-corrected chi connectivity index (χ4v) is 3.76. The van der Waals surface area contributed by atoms with Gasteiger partial charge in [0, 0.05) is 29.4 Å². The van der Waals surface area contributed by atoms with Crippen molar-refractivity contribution in [3.8, 4) is 0 Å². The van der Waals surface area contributed by atoms with E-state index in [2.05, 4.69) is 5.32 Å². The van der Waals surface area contributed by atoms with E-state index in [1.807, 2.05) is 109 Å². The summed E-state index contributed by atoms with van der Waals surface area (Å²) in [6.07, 6.45) is 1.79. The summed E-state index contributed by atoms with van der Waals surface area (Å²) in [6.45, 7) is 0. The maximum Gasteiger partial charge on any atom is 0.187 e. The van der Waals surface area contributed by atoms with Gasteiger partial charge in [-0.05, 0) is 23.3 Å². The van der Waals surface area contributed by atoms with Crippen LogP contribution >= 0.6 is 0 Å². The lowest BCUT2D eigenvalue weighted by molar-refractivity contribution is 0.0812. The molecule has 4 aromatic rings. The van der Waals surface area contributed by atoms with Gasteiger partial charge in [0.1, 0.15) is 5.60 Å². The number of anilines is 1. The van der Waals surface area contributed by atoms with Crippen LogP contribution in [0.1, 0.15) is 27.9 Å². The summed E-state index contributed by atoms with van der Waals surface area (Å²) in [6, 6.07) is 37.9. The third kappa shape index (κ3) is 5.02. The van der Waals surface area contributed by atoms with E-state index in [9.17, 15) is 9.90 Å². The van der Waals surface area contributed by atoms with Crippen molar-refractivity contribution in [3.05, 3.63) is 150 Å². The second-order valence-electron chi connectivity index (χ2n) is 7.66. The molecule has 4 aromatic carbocycles. The molecule has 158 valence electrons. The van der Waals surface area contributed by atoms with Gasteiger partial charge in [-0.3, -0.25) is 4.79 Å². The molecule has 0 bridgehead atoms. The number of allylic oxidation sites excluding steroid dienone is 1. The number of aliphatic hydroxyl groups is 1. The van der Waals surface area contributed by atoms with Gasteiger partial charge in [-0.25, -0.2) is 0 Å². The normalized spacial score (nSPS) is 11.7. The molecule has 0 spiro atoms. The van der Waals surface area contributed by atoms with Gasteiger partial charge in [-0.2, -0.15) is 0 Å². The molecule has 3 nitrogen and oxygen atoms in total. The van der Waals surface area contributed by atoms with Gasteiger partial charge in [-0.1, -0.05) is 109 Å². The molecule has 0 radical (unpaired) electrons. The SMILES string of the molecule is O=C(/C=C(/CC(O)(c1ccccc1)c1ccccc1)Nc1ccccc1)c1ccccc1. The van der Waals surface area contributed by atoms with Gasteiger partial charge in [0.15, 0.2) is 5.78 Å². The molecule has 0 aliphatic carbocycles. The van der Waals surface area contributed by atoms with Crippen LogP contribution in [0.2, 0.25) is 0 Å². The van der Waals surface area contributed by atoms with Crippen LogP contribution in [0, 0.1) is 0 Å². The lowest BCUT2D eigenvalue weighted by Crippen LogP contribution is -2.29. The van der Waals surface area contributed by atoms with Crippen LogP contribution in [0.5, 0.6) is 0 Å². The van der Waals surface area contributed by atoms with E-state index in [-0.39, 0.29) is 12.2 Å². The van der Waals surface area contributed by atoms with Gasteiger partial charge in [0.25, 0.3) is 0 Å². The van der Waals surface area contributed by atoms with E-state index in [0.29, 0.717) is 11.3 Å². The van der Waals surface area contributed by atoms with Crippen molar-refractivity contribution in [3.63, 3.8) is 0 Å². The van der Waals surface area contributed by atoms with E-state index in [4.69, 9.17) is 0 Å². The van der Waals surface area contributed by atoms with Gasteiger partial charge in [0.05, 0.1) is 0 Å². The molecule has 3 heteroatoms. The van der Waals surface area contributed by atoms with Gasteiger partial charge in [0.2, 0.25) is 0 Å². The molecule has 0 aromatic heterocycles. The molecule has 0 heterocycles. The Labute approximate surface area is 188 Å². The minimum atomic E-state index is -1.31. The number of carbonyl (C=O) groups excluding carboxylic acids is 1. The summed E-state index contributed by atoms with van der Waals surface area (Å²) in [5.74, 6) is -0.118. The van der Waals surface area contributed by atoms with E-state index in [1.165, 1.54) is 0 Å². The lowest BCUT2D eigenvalue weighted by Gasteiger charge is -2.31. The number of para-hydroxylation sites is 1. The maximum atomic E-state index is 13.0. The van der Waals surface area contributed by atoms with E-state index >= 15 is 0 Å². The van der Waals surface area contributed by atoms with Crippen LogP contribution in [0.15, 0.2) is 133 Å². The van der Waals surface area contributed by atoms with Gasteiger partial charge < -0.3 is 10.4 Å². The Morgan fingerprint density at radius 1 is 0.688 bits per heavy atom. The minimum Gasteiger partial charge on any atom is -0.380 e. The minimum absolute atomic E-state index is 0.118. The molecule has 0 aliphatic rings. The summed E-state index contributed by atoms with van der Waals surface area (Å²) < 4.78 is 0. The zero-order valence-corrected chi connectivity index (χ0v) is 17.7. The topological polar surface area (TPSA) is 49.3 Å². The Bertz CT molecular complexity index is 1130. The van der Waals surface area contributed by atoms with Crippen molar-refractivity contribution in [1.29, 1.82) is 0 Å². The smallest absolute Gasteiger partial charge is 0.187 e. The van der Waals surface area contributed by atoms with Crippen LogP contribution in [0.25, 0.3) is 0 Å². The third-order valence-corrected chi connectivity index (χ3v) is 5.39. The fraction of sp³-hybridized carbons (Fsp3) is 0.0690. The van der Waals surface area contributed by atoms with Crippen molar-refractivity contribution < 1.29 is 9.90 Å². The summed E-state index contributed by atoms with van der Waals surface area (Å²) in [5.41, 5.74) is 2.29. The molecule has 2 N–H and O–H groups in total. The molecular formula is C29H25NO2. The largest absolute Gasteiger partial charge is 0.380 e. The Kier molecular flexibility index (Phi) is 6.59. The number of rotatable bonds is 8. The van der Waals surface area contributed by atoms with Crippen LogP contribution in [0.4, 0.5) is 5.69 Å². The first kappa shape index (κ1) is 21.3. The Balaban J connectivity index is 1.76. The molecule has 32 heavy (non-hydrogen) atoms. The predicted molar refractivity (Wildman–Crippen MR) is 129 cm³/mol. The Morgan fingerprint density at radius 3 is 1.62 bits per heavy atom. The second-order valence-corrected chi connectivity index (χ2v) is 7.66. The highest BCUT2D eigenvalue weighted by atomic mass is 16.3. The fourth-order valence-electron chi connectivity index (χ4n) is 3.76. The average molecular weight is 420 g/mol. The summed E-state index contributed by atoms with van der Waals surface area (Å²) in [7, 11) is 0. The highest BCUT2D eigenvalue weighted by Gasteiger charge is 2.33. The van der Waals surface area contributed by atoms with Crippen LogP contribution in [-0.4, -0.2) is 10.9 Å². The molecule has 0 atom stereocenters. The Hall–Kier alpha value is -3.95. The van der Waals surface area contributed by atoms with Crippen molar-refractivity contribution in [2.24, 2.45) is 0 Å². The summed E-state index contributed by atoms with van der Waals surface area (Å²) in [5, 5.41) is 15.3. The predicted octanol–water partition coefficient (Wildman–Crippen LogP) is 6.19. The van der Waals surface area contributed by atoms with Crippen LogP contribution < -0.4 is 5.32 Å². The molecule has 0 amide bonds. The highest BCUT2D eigenvalue weighted by Crippen LogP contribution is 2.36. The maximum absolute atomic E-state index is 13.0. The van der Waals surface area contributed by atoms with Crippen molar-refractivity contribution in [2.75, 3.05) is 5.32 Å². The van der Waals surface area contributed by atoms with E-state index in [1.54, 1.807) is 18.2 Å². The second kappa shape index (κ2) is 9.90. The quantitative estimate of drug-likeness (QED) is 0.264. The number of benzene rings is 4. The molecule has 4 rings (SSSR count). The number of carbonyl (C=O) groups is 1. The monoisotopic (exact) mass is 419 g/mol. The van der Waals surface area contributed by atoms with Gasteiger partial charge in [-0.15, -0.1) is 0 Å². The summed E-state index contributed by atoms with van der Waals surface area (Å²) >= 11 is 0. The van der Waals surface area contributed by atoms with E-state index < -0.39 is 5.60 Å². The van der Waals surface area contributed by atoms with Crippen molar-refractivity contribution in [1.82, 2.24) is 0 Å². The highest BCUT2D eigenvalue weighted by molar-refractivity contribution is 6.05. The molecule has 0 aliphatic heterocycles. The van der Waals surface area contributed by atoms with Crippen LogP contribution in [0.3, 0.4) is 0 Å². The molecule has 0 fully saturated rings. The third-order valence-electron chi connectivity index (χ3n) is 5.39. The molecular weight excluding hydrogens is 394 g/mol. The van der Waals surface area contributed by atoms with Gasteiger partial charge >= 0.3 is 0 Å². The first-order valence-electron chi connectivity index (χ1n) is 10.6. The molecule has 0 saturated carbocycles. The molecule has 0 unspecified atom stereocenters. The summed E-state index contributed by atoms with van der Waals surface area (Å²) in [4.78, 5) is 13.0. The lowest BCUT2D eigenvalue weighted by atomic mass is 9.82. The number of nitrogens with one attached hydrogen (secondary N) is 1. The zero-order valence-electron chi connectivity index (χ0n) is 17.7. The average Bonchev–Trinajstić information content (AvgIpc) is 2.86. The van der Waals surface area contributed by atoms with Crippen LogP contribution in [-0.2, 0) is 5.60 Å². The zero-order chi connectivity index (χ0) is 22.2. The number of ketones is 1. The van der Waals surface area contributed by atoms with Crippen molar-refractivity contribution in [2.45, 2.75) is 12.0 Å². The Morgan fingerprint density at radius 2 is 1.12 bits per heavy atom. The standard InChI is InChI=1S/C29H25NO2/c31-28(23-13-5-1-6-14-23)21-27(30-26-19-11-4-12-20-26)22-29(32,24-15-7-2-8-16-24)25-17-9-3-10-18-25/h1-21,30,32H,22H2/b27-21-. The number of hydrogen-bond donors (Lipinski definition) is 2. The van der Waals surface area contributed by atoms with E-state index in [0.717, 1.165) is 16.8 Å². The first-order chi connectivity index (χ1) is 15.6. The number of hydrogen-bond acceptors (Lipinski definition) is 3. The molecule has 0 saturated heterocycles. The van der Waals surface area contributed by atoms with Crippen molar-refractivity contribution >= 4 is 11.5 Å². The first-order valence-corrected chi connectivity index (χ1v) is 10.6.